The van der Waals surface area contributed by atoms with E-state index in [1.165, 1.54) is 24.3 Å². The Kier molecular flexibility index (Phi) is 4.59. The molecule has 1 aromatic carbocycles. The molecule has 0 unspecified atom stereocenters. The first-order chi connectivity index (χ1) is 7.99. The Hall–Kier alpha value is -1.47. The van der Waals surface area contributed by atoms with Crippen LogP contribution in [0.25, 0.3) is 0 Å². The molecule has 0 spiro atoms. The van der Waals surface area contributed by atoms with Crippen LogP contribution in [0.3, 0.4) is 0 Å². The van der Waals surface area contributed by atoms with Gasteiger partial charge in [0.2, 0.25) is 0 Å². The van der Waals surface area contributed by atoms with Gasteiger partial charge >= 0.3 is 0 Å². The molecule has 0 saturated heterocycles. The third-order valence-electron chi connectivity index (χ3n) is 2.19. The minimum absolute atomic E-state index is 0.147. The highest BCUT2D eigenvalue weighted by molar-refractivity contribution is 7.91. The molecule has 0 heterocycles. The largest absolute Gasteiger partial charge is 0.316 e. The number of nitro groups is 1. The predicted molar refractivity (Wildman–Crippen MR) is 63.7 cm³/mol. The monoisotopic (exact) mass is 258 g/mol. The fourth-order valence-corrected chi connectivity index (χ4v) is 2.74. The highest BCUT2D eigenvalue weighted by atomic mass is 32.2. The van der Waals surface area contributed by atoms with E-state index < -0.39 is 14.8 Å². The van der Waals surface area contributed by atoms with Gasteiger partial charge in [-0.25, -0.2) is 8.42 Å². The van der Waals surface area contributed by atoms with Crippen LogP contribution in [0, 0.1) is 10.1 Å². The van der Waals surface area contributed by atoms with Crippen molar-refractivity contribution in [1.29, 1.82) is 0 Å². The molecule has 7 heteroatoms. The Morgan fingerprint density at radius 2 is 2.00 bits per heavy atom. The first-order valence-electron chi connectivity index (χ1n) is 5.16. The van der Waals surface area contributed by atoms with E-state index in [0.717, 1.165) is 0 Å². The summed E-state index contributed by atoms with van der Waals surface area (Å²) < 4.78 is 23.8. The molecule has 0 aliphatic rings. The molecular weight excluding hydrogens is 244 g/mol. The van der Waals surface area contributed by atoms with Gasteiger partial charge in [-0.2, -0.15) is 0 Å². The quantitative estimate of drug-likeness (QED) is 0.466. The van der Waals surface area contributed by atoms with Crippen molar-refractivity contribution >= 4 is 15.5 Å². The summed E-state index contributed by atoms with van der Waals surface area (Å²) in [5, 5.41) is 13.6. The summed E-state index contributed by atoms with van der Waals surface area (Å²) >= 11 is 0. The van der Waals surface area contributed by atoms with Gasteiger partial charge in [0, 0.05) is 12.6 Å². The maximum atomic E-state index is 11.9. The normalized spacial score (nSPS) is 11.4. The molecule has 0 radical (unpaired) electrons. The second-order valence-electron chi connectivity index (χ2n) is 3.40. The van der Waals surface area contributed by atoms with Gasteiger partial charge in [-0.1, -0.05) is 19.1 Å². The Balaban J connectivity index is 3.02. The zero-order valence-corrected chi connectivity index (χ0v) is 10.2. The topological polar surface area (TPSA) is 89.3 Å². The van der Waals surface area contributed by atoms with Crippen molar-refractivity contribution in [1.82, 2.24) is 5.32 Å². The van der Waals surface area contributed by atoms with Gasteiger partial charge in [-0.05, 0) is 12.6 Å². The number of nitrogens with zero attached hydrogens (tertiary/aromatic N) is 1. The van der Waals surface area contributed by atoms with Gasteiger partial charge < -0.3 is 5.32 Å². The SMILES string of the molecule is CCNCCS(=O)(=O)c1ccccc1[N+](=O)[O-]. The van der Waals surface area contributed by atoms with Gasteiger partial charge in [0.15, 0.2) is 9.84 Å². The van der Waals surface area contributed by atoms with E-state index in [9.17, 15) is 18.5 Å². The van der Waals surface area contributed by atoms with E-state index >= 15 is 0 Å². The number of nitro benzene ring substituents is 1. The molecule has 6 nitrogen and oxygen atoms in total. The summed E-state index contributed by atoms with van der Waals surface area (Å²) in [6.07, 6.45) is 0. The van der Waals surface area contributed by atoms with Crippen LogP contribution in [0.2, 0.25) is 0 Å². The summed E-state index contributed by atoms with van der Waals surface area (Å²) in [5.41, 5.74) is -0.371. The van der Waals surface area contributed by atoms with Gasteiger partial charge in [-0.15, -0.1) is 0 Å². The van der Waals surface area contributed by atoms with Gasteiger partial charge in [0.1, 0.15) is 4.90 Å². The smallest absolute Gasteiger partial charge is 0.287 e. The van der Waals surface area contributed by atoms with Crippen molar-refractivity contribution in [2.45, 2.75) is 11.8 Å². The molecule has 0 bridgehead atoms. The average molecular weight is 258 g/mol. The number of nitrogens with one attached hydrogen (secondary N) is 1. The van der Waals surface area contributed by atoms with Crippen molar-refractivity contribution in [2.24, 2.45) is 0 Å². The molecule has 0 aromatic heterocycles. The number of hydrogen-bond donors (Lipinski definition) is 1. The van der Waals surface area contributed by atoms with Crippen molar-refractivity contribution < 1.29 is 13.3 Å². The molecule has 1 rings (SSSR count). The molecule has 0 saturated carbocycles. The number of para-hydroxylation sites is 1. The molecule has 0 aliphatic heterocycles. The maximum absolute atomic E-state index is 11.9. The minimum atomic E-state index is -3.61. The fourth-order valence-electron chi connectivity index (χ4n) is 1.36. The molecule has 94 valence electrons. The minimum Gasteiger partial charge on any atom is -0.316 e. The fraction of sp³-hybridized carbons (Fsp3) is 0.400. The molecule has 0 fully saturated rings. The molecule has 0 amide bonds. The van der Waals surface area contributed by atoms with Gasteiger partial charge in [0.05, 0.1) is 10.7 Å². The zero-order valence-electron chi connectivity index (χ0n) is 9.42. The van der Waals surface area contributed by atoms with Crippen molar-refractivity contribution in [3.05, 3.63) is 34.4 Å². The standard InChI is InChI=1S/C10H14N2O4S/c1-2-11-7-8-17(15,16)10-6-4-3-5-9(10)12(13)14/h3-6,11H,2,7-8H2,1H3. The highest BCUT2D eigenvalue weighted by Crippen LogP contribution is 2.23. The molecule has 0 aliphatic carbocycles. The average Bonchev–Trinajstić information content (AvgIpc) is 2.29. The summed E-state index contributed by atoms with van der Waals surface area (Å²) in [4.78, 5) is 9.82. The van der Waals surface area contributed by atoms with Crippen LogP contribution in [0.15, 0.2) is 29.2 Å². The second-order valence-corrected chi connectivity index (χ2v) is 5.47. The third-order valence-corrected chi connectivity index (χ3v) is 3.95. The maximum Gasteiger partial charge on any atom is 0.287 e. The van der Waals surface area contributed by atoms with Crippen molar-refractivity contribution in [2.75, 3.05) is 18.8 Å². The number of sulfone groups is 1. The van der Waals surface area contributed by atoms with Crippen LogP contribution >= 0.6 is 0 Å². The lowest BCUT2D eigenvalue weighted by Gasteiger charge is -2.05. The second kappa shape index (κ2) is 5.74. The summed E-state index contributed by atoms with van der Waals surface area (Å²) in [6.45, 7) is 2.80. The molecule has 0 atom stereocenters. The van der Waals surface area contributed by atoms with E-state index in [1.807, 2.05) is 6.92 Å². The summed E-state index contributed by atoms with van der Waals surface area (Å²) in [5.74, 6) is -0.147. The van der Waals surface area contributed by atoms with E-state index in [-0.39, 0.29) is 22.9 Å². The van der Waals surface area contributed by atoms with Gasteiger partial charge in [-0.3, -0.25) is 10.1 Å². The van der Waals surface area contributed by atoms with E-state index in [4.69, 9.17) is 0 Å². The van der Waals surface area contributed by atoms with E-state index in [1.54, 1.807) is 0 Å². The summed E-state index contributed by atoms with van der Waals surface area (Å²) in [7, 11) is -3.61. The first kappa shape index (κ1) is 13.6. The Morgan fingerprint density at radius 3 is 2.59 bits per heavy atom. The van der Waals surface area contributed by atoms with E-state index in [2.05, 4.69) is 5.32 Å². The van der Waals surface area contributed by atoms with Crippen LogP contribution in [0.5, 0.6) is 0 Å². The molecular formula is C10H14N2O4S. The van der Waals surface area contributed by atoms with Crippen molar-refractivity contribution in [3.8, 4) is 0 Å². The molecule has 17 heavy (non-hydrogen) atoms. The lowest BCUT2D eigenvalue weighted by atomic mass is 10.3. The first-order valence-corrected chi connectivity index (χ1v) is 6.81. The number of rotatable bonds is 6. The van der Waals surface area contributed by atoms with Crippen LogP contribution in [0.1, 0.15) is 6.92 Å². The Morgan fingerprint density at radius 1 is 1.35 bits per heavy atom. The predicted octanol–water partition coefficient (Wildman–Crippen LogP) is 0.978. The zero-order chi connectivity index (χ0) is 12.9. The third kappa shape index (κ3) is 3.50. The van der Waals surface area contributed by atoms with Crippen molar-refractivity contribution in [3.63, 3.8) is 0 Å². The Labute approximate surface area is 99.7 Å². The van der Waals surface area contributed by atoms with Crippen LogP contribution < -0.4 is 5.32 Å². The van der Waals surface area contributed by atoms with Crippen LogP contribution in [-0.2, 0) is 9.84 Å². The number of hydrogen-bond acceptors (Lipinski definition) is 5. The lowest BCUT2D eigenvalue weighted by Crippen LogP contribution is -2.23. The van der Waals surface area contributed by atoms with E-state index in [0.29, 0.717) is 6.54 Å². The van der Waals surface area contributed by atoms with Crippen LogP contribution in [-0.4, -0.2) is 32.2 Å². The highest BCUT2D eigenvalue weighted by Gasteiger charge is 2.24. The van der Waals surface area contributed by atoms with Crippen LogP contribution in [0.4, 0.5) is 5.69 Å². The molecule has 1 aromatic rings. The lowest BCUT2D eigenvalue weighted by molar-refractivity contribution is -0.387. The molecule has 1 N–H and O–H groups in total. The Bertz CT molecular complexity index is 499. The number of benzene rings is 1. The van der Waals surface area contributed by atoms with Gasteiger partial charge in [0.25, 0.3) is 5.69 Å². The summed E-state index contributed by atoms with van der Waals surface area (Å²) in [6, 6.07) is 5.38.